The van der Waals surface area contributed by atoms with Crippen molar-refractivity contribution in [2.45, 2.75) is 321 Å². The zero-order valence-electron chi connectivity index (χ0n) is 44.5. The first-order valence-corrected chi connectivity index (χ1v) is 29.5. The van der Waals surface area contributed by atoms with E-state index in [1.807, 2.05) is 6.08 Å². The van der Waals surface area contributed by atoms with Crippen LogP contribution >= 0.6 is 0 Å². The number of carbonyl (C=O) groups is 1. The molecule has 386 valence electrons. The van der Waals surface area contributed by atoms with Crippen molar-refractivity contribution in [1.29, 1.82) is 0 Å². The number of hydrogen-bond acceptors (Lipinski definition) is 3. The largest absolute Gasteiger partial charge is 0.394 e. The smallest absolute Gasteiger partial charge is 0.220 e. The molecule has 0 aromatic heterocycles. The van der Waals surface area contributed by atoms with Crippen molar-refractivity contribution < 1.29 is 15.0 Å². The Hall–Kier alpha value is -1.91. The van der Waals surface area contributed by atoms with Gasteiger partial charge in [0, 0.05) is 6.42 Å². The number of nitrogens with one attached hydrogen (secondary N) is 1. The lowest BCUT2D eigenvalue weighted by molar-refractivity contribution is -0.123. The summed E-state index contributed by atoms with van der Waals surface area (Å²) in [5, 5.41) is 23.2. The average molecular weight is 923 g/mol. The summed E-state index contributed by atoms with van der Waals surface area (Å²) < 4.78 is 0. The van der Waals surface area contributed by atoms with E-state index in [4.69, 9.17) is 0 Å². The van der Waals surface area contributed by atoms with Gasteiger partial charge in [-0.15, -0.1) is 0 Å². The van der Waals surface area contributed by atoms with E-state index >= 15 is 0 Å². The SMILES string of the molecule is CCCCCCCCCCC/C=C\C/C=C\CCCCCCCCCCCCCCCCCC(=O)NC(CO)C(O)/C=C/CC/C=C/CC/C=C/CCCCCCCCCCCCCCC. The molecule has 4 heteroatoms. The second-order valence-corrected chi connectivity index (χ2v) is 20.0. The van der Waals surface area contributed by atoms with Gasteiger partial charge in [0.05, 0.1) is 18.8 Å². The molecule has 4 nitrogen and oxygen atoms in total. The molecule has 66 heavy (non-hydrogen) atoms. The summed E-state index contributed by atoms with van der Waals surface area (Å²) in [6.45, 7) is 4.32. The summed E-state index contributed by atoms with van der Waals surface area (Å²) in [6.07, 6.45) is 81.1. The van der Waals surface area contributed by atoms with Crippen LogP contribution < -0.4 is 5.32 Å². The Bertz CT molecular complexity index is 1090. The summed E-state index contributed by atoms with van der Waals surface area (Å²) in [4.78, 5) is 12.5. The molecule has 2 atom stereocenters. The maximum absolute atomic E-state index is 12.5. The van der Waals surface area contributed by atoms with Gasteiger partial charge in [0.1, 0.15) is 0 Å². The molecule has 0 rings (SSSR count). The van der Waals surface area contributed by atoms with Crippen LogP contribution in [0.3, 0.4) is 0 Å². The molecule has 1 amide bonds. The van der Waals surface area contributed by atoms with E-state index in [1.54, 1.807) is 6.08 Å². The molecule has 0 fully saturated rings. The van der Waals surface area contributed by atoms with Crippen molar-refractivity contribution in [2.24, 2.45) is 0 Å². The summed E-state index contributed by atoms with van der Waals surface area (Å²) in [5.41, 5.74) is 0. The highest BCUT2D eigenvalue weighted by Crippen LogP contribution is 2.16. The van der Waals surface area contributed by atoms with Gasteiger partial charge >= 0.3 is 0 Å². The molecule has 0 heterocycles. The zero-order chi connectivity index (χ0) is 47.7. The molecular formula is C62H115NO3. The van der Waals surface area contributed by atoms with Crippen LogP contribution in [0.15, 0.2) is 60.8 Å². The van der Waals surface area contributed by atoms with Crippen molar-refractivity contribution in [1.82, 2.24) is 5.32 Å². The topological polar surface area (TPSA) is 69.6 Å². The number of amides is 1. The summed E-state index contributed by atoms with van der Waals surface area (Å²) in [6, 6.07) is -0.648. The number of unbranched alkanes of at least 4 members (excludes halogenated alkanes) is 39. The van der Waals surface area contributed by atoms with Crippen LogP contribution in [0.2, 0.25) is 0 Å². The Labute approximate surface area is 413 Å². The number of aliphatic hydroxyl groups excluding tert-OH is 2. The maximum atomic E-state index is 12.5. The fraction of sp³-hybridized carbons (Fsp3) is 0.823. The quantitative estimate of drug-likeness (QED) is 0.0420. The Morgan fingerprint density at radius 1 is 0.364 bits per heavy atom. The third-order valence-electron chi connectivity index (χ3n) is 13.5. The van der Waals surface area contributed by atoms with E-state index in [-0.39, 0.29) is 12.5 Å². The van der Waals surface area contributed by atoms with Gasteiger partial charge in [-0.05, 0) is 77.0 Å². The molecular weight excluding hydrogens is 807 g/mol. The van der Waals surface area contributed by atoms with Gasteiger partial charge in [-0.2, -0.15) is 0 Å². The van der Waals surface area contributed by atoms with Crippen molar-refractivity contribution in [3.8, 4) is 0 Å². The van der Waals surface area contributed by atoms with Gasteiger partial charge in [-0.25, -0.2) is 0 Å². The first-order chi connectivity index (χ1) is 32.7. The number of rotatable bonds is 54. The van der Waals surface area contributed by atoms with E-state index in [0.29, 0.717) is 6.42 Å². The first-order valence-electron chi connectivity index (χ1n) is 29.5. The van der Waals surface area contributed by atoms with Gasteiger partial charge in [0.2, 0.25) is 5.91 Å². The second kappa shape index (κ2) is 57.4. The summed E-state index contributed by atoms with van der Waals surface area (Å²) in [5.74, 6) is -0.0757. The fourth-order valence-electron chi connectivity index (χ4n) is 8.95. The van der Waals surface area contributed by atoms with Crippen LogP contribution in [0.4, 0.5) is 0 Å². The second-order valence-electron chi connectivity index (χ2n) is 20.0. The van der Waals surface area contributed by atoms with Gasteiger partial charge in [0.25, 0.3) is 0 Å². The molecule has 0 aliphatic rings. The van der Waals surface area contributed by atoms with E-state index in [1.165, 1.54) is 244 Å². The molecule has 0 aromatic rings. The Morgan fingerprint density at radius 3 is 0.970 bits per heavy atom. The summed E-state index contributed by atoms with van der Waals surface area (Å²) in [7, 11) is 0. The fourth-order valence-corrected chi connectivity index (χ4v) is 8.95. The van der Waals surface area contributed by atoms with Crippen LogP contribution in [0.5, 0.6) is 0 Å². The Kier molecular flexibility index (Phi) is 55.7. The lowest BCUT2D eigenvalue weighted by Crippen LogP contribution is -2.45. The van der Waals surface area contributed by atoms with Crippen LogP contribution in [0.1, 0.15) is 309 Å². The van der Waals surface area contributed by atoms with Crippen LogP contribution in [-0.4, -0.2) is 34.9 Å². The number of carbonyl (C=O) groups excluding carboxylic acids is 1. The number of allylic oxidation sites excluding steroid dienone is 9. The molecule has 0 saturated heterocycles. The molecule has 0 bridgehead atoms. The normalized spacial score (nSPS) is 13.2. The van der Waals surface area contributed by atoms with Gasteiger partial charge in [-0.1, -0.05) is 286 Å². The maximum Gasteiger partial charge on any atom is 0.220 e. The lowest BCUT2D eigenvalue weighted by Gasteiger charge is -2.19. The van der Waals surface area contributed by atoms with Crippen LogP contribution in [0, 0.1) is 0 Å². The van der Waals surface area contributed by atoms with Crippen molar-refractivity contribution in [3.63, 3.8) is 0 Å². The first kappa shape index (κ1) is 64.1. The Morgan fingerprint density at radius 2 is 0.636 bits per heavy atom. The average Bonchev–Trinajstić information content (AvgIpc) is 3.32. The molecule has 0 aliphatic carbocycles. The van der Waals surface area contributed by atoms with E-state index in [9.17, 15) is 15.0 Å². The lowest BCUT2D eigenvalue weighted by atomic mass is 10.0. The third-order valence-corrected chi connectivity index (χ3v) is 13.5. The third kappa shape index (κ3) is 53.1. The Balaban J connectivity index is 3.53. The van der Waals surface area contributed by atoms with Gasteiger partial charge in [-0.3, -0.25) is 4.79 Å². The highest BCUT2D eigenvalue weighted by molar-refractivity contribution is 5.76. The standard InChI is InChI=1S/C62H115NO3/c1-3-5-7-9-11-13-15-17-19-21-23-25-27-28-29-30-31-32-33-34-36-38-40-42-44-46-48-50-52-54-56-58-62(66)63-60(59-64)61(65)57-55-53-51-49-47-45-43-41-39-37-35-26-24-22-20-18-16-14-12-10-8-6-4-2/h23,25,28-29,39,41,47,49,55,57,60-61,64-65H,3-22,24,26-27,30-38,40,42-46,48,50-54,56,58-59H2,1-2H3,(H,63,66)/b25-23-,29-28-,41-39+,49-47+,57-55+. The molecule has 0 aliphatic heterocycles. The minimum absolute atomic E-state index is 0.0757. The van der Waals surface area contributed by atoms with E-state index in [0.717, 1.165) is 44.9 Å². The van der Waals surface area contributed by atoms with Crippen molar-refractivity contribution in [2.75, 3.05) is 6.61 Å². The molecule has 2 unspecified atom stereocenters. The highest BCUT2D eigenvalue weighted by atomic mass is 16.3. The molecule has 3 N–H and O–H groups in total. The molecule has 0 spiro atoms. The van der Waals surface area contributed by atoms with Crippen molar-refractivity contribution >= 4 is 5.91 Å². The molecule has 0 aromatic carbocycles. The van der Waals surface area contributed by atoms with Crippen molar-refractivity contribution in [3.05, 3.63) is 60.8 Å². The zero-order valence-corrected chi connectivity index (χ0v) is 44.5. The predicted octanol–water partition coefficient (Wildman–Crippen LogP) is 19.6. The predicted molar refractivity (Wildman–Crippen MR) is 294 cm³/mol. The molecule has 0 saturated carbocycles. The summed E-state index contributed by atoms with van der Waals surface area (Å²) >= 11 is 0. The van der Waals surface area contributed by atoms with E-state index < -0.39 is 12.1 Å². The minimum atomic E-state index is -0.873. The number of hydrogen-bond donors (Lipinski definition) is 3. The minimum Gasteiger partial charge on any atom is -0.394 e. The van der Waals surface area contributed by atoms with Gasteiger partial charge < -0.3 is 15.5 Å². The van der Waals surface area contributed by atoms with Gasteiger partial charge in [0.15, 0.2) is 0 Å². The highest BCUT2D eigenvalue weighted by Gasteiger charge is 2.18. The monoisotopic (exact) mass is 922 g/mol. The van der Waals surface area contributed by atoms with Crippen LogP contribution in [-0.2, 0) is 4.79 Å². The molecule has 0 radical (unpaired) electrons. The van der Waals surface area contributed by atoms with Crippen LogP contribution in [0.25, 0.3) is 0 Å². The number of aliphatic hydroxyl groups is 2. The van der Waals surface area contributed by atoms with E-state index in [2.05, 4.69) is 67.8 Å².